The predicted octanol–water partition coefficient (Wildman–Crippen LogP) is 4.95. The van der Waals surface area contributed by atoms with Gasteiger partial charge in [-0.05, 0) is 55.2 Å². The number of benzene rings is 2. The summed E-state index contributed by atoms with van der Waals surface area (Å²) in [6.45, 7) is 9.59. The number of hydrogen-bond donors (Lipinski definition) is 3. The molecular weight excluding hydrogens is 729 g/mol. The summed E-state index contributed by atoms with van der Waals surface area (Å²) in [4.78, 5) is 56.6. The van der Waals surface area contributed by atoms with Crippen LogP contribution in [0.15, 0.2) is 67.3 Å². The Morgan fingerprint density at radius 1 is 0.944 bits per heavy atom. The van der Waals surface area contributed by atoms with Crippen LogP contribution in [0.4, 0.5) is 18.0 Å². The van der Waals surface area contributed by atoms with E-state index in [1.54, 1.807) is 32.9 Å². The minimum Gasteiger partial charge on any atom is -0.434 e. The molecule has 0 bridgehead atoms. The molecule has 1 saturated heterocycles. The van der Waals surface area contributed by atoms with Gasteiger partial charge in [0.2, 0.25) is 27.4 Å². The van der Waals surface area contributed by atoms with Crippen molar-refractivity contribution < 1.29 is 50.2 Å². The van der Waals surface area contributed by atoms with Gasteiger partial charge in [0.05, 0.1) is 11.8 Å². The minimum absolute atomic E-state index is 0.0539. The fourth-order valence-corrected chi connectivity index (χ4v) is 8.04. The van der Waals surface area contributed by atoms with Crippen molar-refractivity contribution in [2.45, 2.75) is 101 Å². The van der Waals surface area contributed by atoms with E-state index in [0.717, 1.165) is 11.1 Å². The molecule has 5 atom stereocenters. The number of hydrogen-bond acceptors (Lipinski definition) is 8. The van der Waals surface area contributed by atoms with Gasteiger partial charge < -0.3 is 25.0 Å². The molecule has 12 nitrogen and oxygen atoms in total. The summed E-state index contributed by atoms with van der Waals surface area (Å²) in [5.41, 5.74) is -4.53. The van der Waals surface area contributed by atoms with Crippen molar-refractivity contribution in [2.75, 3.05) is 13.7 Å². The van der Waals surface area contributed by atoms with Gasteiger partial charge in [-0.15, -0.1) is 6.58 Å². The Labute approximate surface area is 313 Å². The van der Waals surface area contributed by atoms with Crippen molar-refractivity contribution in [3.63, 3.8) is 0 Å². The molecule has 2 unspecified atom stereocenters. The zero-order chi connectivity index (χ0) is 40.1. The summed E-state index contributed by atoms with van der Waals surface area (Å²) in [7, 11) is -2.56. The Morgan fingerprint density at radius 3 is 2.04 bits per heavy atom. The monoisotopic (exact) mass is 776 g/mol. The lowest BCUT2D eigenvalue weighted by molar-refractivity contribution is -0.244. The third-order valence-corrected chi connectivity index (χ3v) is 12.3. The highest BCUT2D eigenvalue weighted by molar-refractivity contribution is 7.91. The predicted molar refractivity (Wildman–Crippen MR) is 193 cm³/mol. The molecule has 0 spiro atoms. The van der Waals surface area contributed by atoms with Crippen molar-refractivity contribution >= 4 is 33.8 Å². The summed E-state index contributed by atoms with van der Waals surface area (Å²) in [5.74, 6) is -3.17. The van der Waals surface area contributed by atoms with E-state index in [4.69, 9.17) is 9.47 Å². The van der Waals surface area contributed by atoms with E-state index in [1.165, 1.54) is 18.1 Å². The van der Waals surface area contributed by atoms with Crippen LogP contribution >= 0.6 is 0 Å². The van der Waals surface area contributed by atoms with Crippen LogP contribution in [-0.4, -0.2) is 85.4 Å². The van der Waals surface area contributed by atoms with E-state index in [0.29, 0.717) is 32.3 Å². The molecule has 294 valence electrons. The molecule has 2 aromatic rings. The highest BCUT2D eigenvalue weighted by atomic mass is 32.2. The number of alkyl halides is 3. The van der Waals surface area contributed by atoms with E-state index in [2.05, 4.69) is 21.9 Å². The van der Waals surface area contributed by atoms with Crippen molar-refractivity contribution in [1.29, 1.82) is 0 Å². The third kappa shape index (κ3) is 8.14. The summed E-state index contributed by atoms with van der Waals surface area (Å²) in [6.07, 6.45) is -4.25. The van der Waals surface area contributed by atoms with Gasteiger partial charge in [-0.1, -0.05) is 81.4 Å². The Kier molecular flexibility index (Phi) is 10.8. The second-order valence-corrected chi connectivity index (χ2v) is 17.8. The molecule has 1 aliphatic heterocycles. The number of rotatable bonds is 12. The number of carbonyl (C=O) groups excluding carboxylic acids is 4. The largest absolute Gasteiger partial charge is 0.434 e. The van der Waals surface area contributed by atoms with Gasteiger partial charge in [-0.3, -0.25) is 19.1 Å². The van der Waals surface area contributed by atoms with Crippen LogP contribution in [0, 0.1) is 11.3 Å². The number of sulfonamides is 1. The zero-order valence-electron chi connectivity index (χ0n) is 31.1. The van der Waals surface area contributed by atoms with E-state index in [9.17, 15) is 40.8 Å². The summed E-state index contributed by atoms with van der Waals surface area (Å²) in [5, 5.41) is 4.31. The van der Waals surface area contributed by atoms with E-state index in [-0.39, 0.29) is 19.4 Å². The van der Waals surface area contributed by atoms with Gasteiger partial charge in [-0.25, -0.2) is 13.2 Å². The van der Waals surface area contributed by atoms with Crippen LogP contribution in [-0.2, 0) is 39.5 Å². The maximum atomic E-state index is 14.6. The summed E-state index contributed by atoms with van der Waals surface area (Å²) in [6, 6.07) is 14.0. The Hall–Kier alpha value is -4.44. The first-order valence-electron chi connectivity index (χ1n) is 17.6. The number of halogens is 3. The molecule has 1 heterocycles. The van der Waals surface area contributed by atoms with E-state index in [1.807, 2.05) is 42.5 Å². The Morgan fingerprint density at radius 2 is 1.54 bits per heavy atom. The number of alkyl carbamates (subject to hydrolysis) is 1. The molecule has 2 aromatic carbocycles. The SMILES string of the molecule is C=CC1CC1(NC(=O)[C@@H]1C[C@@](OC)(c2ccc(-c3ccccc3)cc2)CN1C(=O)[C@@H](NC(=O)OC(C)(C)C(F)(F)F)C(C)(C)C)C(=O)NS(=O)(=O)C1CC1. The topological polar surface area (TPSA) is 160 Å². The lowest BCUT2D eigenvalue weighted by Crippen LogP contribution is -2.60. The molecule has 3 N–H and O–H groups in total. The molecule has 3 fully saturated rings. The fraction of sp³-hybridized carbons (Fsp3) is 0.526. The van der Waals surface area contributed by atoms with Crippen LogP contribution in [0.1, 0.15) is 65.9 Å². The van der Waals surface area contributed by atoms with Crippen molar-refractivity contribution in [3.8, 4) is 11.1 Å². The van der Waals surface area contributed by atoms with Crippen LogP contribution in [0.5, 0.6) is 0 Å². The number of carbonyl (C=O) groups is 4. The van der Waals surface area contributed by atoms with Crippen molar-refractivity contribution in [3.05, 3.63) is 72.8 Å². The molecule has 4 amide bonds. The van der Waals surface area contributed by atoms with Gasteiger partial charge in [-0.2, -0.15) is 13.2 Å². The first-order chi connectivity index (χ1) is 25.0. The first-order valence-corrected chi connectivity index (χ1v) is 19.1. The molecule has 16 heteroatoms. The fourth-order valence-electron chi connectivity index (χ4n) is 6.68. The number of likely N-dealkylation sites (tertiary alicyclic amines) is 1. The normalized spacial score (nSPS) is 24.9. The zero-order valence-corrected chi connectivity index (χ0v) is 31.9. The summed E-state index contributed by atoms with van der Waals surface area (Å²) < 4.78 is 79.1. The highest BCUT2D eigenvalue weighted by Crippen LogP contribution is 2.47. The van der Waals surface area contributed by atoms with E-state index >= 15 is 0 Å². The number of nitrogens with zero attached hydrogens (tertiary/aromatic N) is 1. The second-order valence-electron chi connectivity index (χ2n) is 15.9. The number of ether oxygens (including phenoxy) is 2. The maximum absolute atomic E-state index is 14.6. The van der Waals surface area contributed by atoms with Crippen LogP contribution < -0.4 is 15.4 Å². The van der Waals surface area contributed by atoms with Gasteiger partial charge in [0, 0.05) is 19.4 Å². The van der Waals surface area contributed by atoms with Crippen LogP contribution in [0.25, 0.3) is 11.1 Å². The summed E-state index contributed by atoms with van der Waals surface area (Å²) >= 11 is 0. The van der Waals surface area contributed by atoms with Gasteiger partial charge in [0.15, 0.2) is 0 Å². The van der Waals surface area contributed by atoms with Gasteiger partial charge in [0.1, 0.15) is 23.2 Å². The molecule has 0 radical (unpaired) electrons. The first kappa shape index (κ1) is 40.7. The average Bonchev–Trinajstić information content (AvgIpc) is 4.03. The number of amides is 4. The average molecular weight is 777 g/mol. The molecule has 0 aromatic heterocycles. The minimum atomic E-state index is -4.91. The van der Waals surface area contributed by atoms with Crippen molar-refractivity contribution in [2.24, 2.45) is 11.3 Å². The van der Waals surface area contributed by atoms with E-state index < -0.39 is 85.4 Å². The lowest BCUT2D eigenvalue weighted by Gasteiger charge is -2.36. The highest BCUT2D eigenvalue weighted by Gasteiger charge is 2.63. The Balaban J connectivity index is 1.50. The third-order valence-electron chi connectivity index (χ3n) is 10.5. The maximum Gasteiger partial charge on any atom is 0.427 e. The quantitative estimate of drug-likeness (QED) is 0.256. The molecular formula is C38H47F3N4O8S. The van der Waals surface area contributed by atoms with Gasteiger partial charge >= 0.3 is 12.3 Å². The Bertz CT molecular complexity index is 1890. The molecule has 54 heavy (non-hydrogen) atoms. The smallest absolute Gasteiger partial charge is 0.427 e. The molecule has 5 rings (SSSR count). The van der Waals surface area contributed by atoms with Crippen LogP contribution in [0.2, 0.25) is 0 Å². The van der Waals surface area contributed by atoms with Crippen molar-refractivity contribution in [1.82, 2.24) is 20.3 Å². The molecule has 2 saturated carbocycles. The number of methoxy groups -OCH3 is 1. The standard InChI is InChI=1S/C38H47F3N4O8S/c1-8-25-20-37(25,32(48)44-54(50,51)27-18-19-27)43-30(46)28-21-36(52-7,26-16-14-24(15-17-26)23-12-10-9-11-13-23)22-45(28)31(47)29(34(2,3)4)42-33(49)53-35(5,6)38(39,40)41/h8-17,25,27-29H,1,18-22H2,2-7H3,(H,42,49)(H,43,46)(H,44,48)/t25?,28-,29+,36-,37?/m0/s1. The second kappa shape index (κ2) is 14.3. The molecule has 3 aliphatic rings. The lowest BCUT2D eigenvalue weighted by atomic mass is 9.85. The number of nitrogens with one attached hydrogen (secondary N) is 3. The molecule has 2 aliphatic carbocycles. The van der Waals surface area contributed by atoms with Crippen LogP contribution in [0.3, 0.4) is 0 Å². The van der Waals surface area contributed by atoms with Gasteiger partial charge in [0.25, 0.3) is 5.91 Å².